The third kappa shape index (κ3) is 5.25. The van der Waals surface area contributed by atoms with Gasteiger partial charge in [0.2, 0.25) is 5.91 Å². The number of hydrogen-bond donors (Lipinski definition) is 1. The van der Waals surface area contributed by atoms with E-state index in [0.717, 1.165) is 11.3 Å². The van der Waals surface area contributed by atoms with Crippen LogP contribution in [0.25, 0.3) is 17.1 Å². The van der Waals surface area contributed by atoms with Gasteiger partial charge in [0.05, 0.1) is 18.0 Å². The Hall–Kier alpha value is -2.71. The average Bonchev–Trinajstić information content (AvgIpc) is 3.16. The molecule has 2 heterocycles. The molecule has 0 saturated heterocycles. The fourth-order valence-electron chi connectivity index (χ4n) is 3.18. The molecule has 30 heavy (non-hydrogen) atoms. The number of para-hydroxylation sites is 1. The first kappa shape index (κ1) is 22.0. The number of pyridine rings is 1. The monoisotopic (exact) mass is 425 g/mol. The minimum absolute atomic E-state index is 0.0476. The first-order valence-corrected chi connectivity index (χ1v) is 10.9. The van der Waals surface area contributed by atoms with E-state index in [4.69, 9.17) is 4.74 Å². The second kappa shape index (κ2) is 10.4. The number of amides is 1. The molecule has 0 bridgehead atoms. The average molecular weight is 426 g/mol. The van der Waals surface area contributed by atoms with E-state index in [2.05, 4.69) is 46.5 Å². The number of rotatable bonds is 9. The van der Waals surface area contributed by atoms with Gasteiger partial charge < -0.3 is 10.1 Å². The quantitative estimate of drug-likeness (QED) is 0.527. The van der Waals surface area contributed by atoms with Crippen molar-refractivity contribution in [3.8, 4) is 17.1 Å². The summed E-state index contributed by atoms with van der Waals surface area (Å²) in [4.78, 5) is 16.6. The molecule has 7 nitrogen and oxygen atoms in total. The van der Waals surface area contributed by atoms with Crippen molar-refractivity contribution >= 4 is 17.7 Å². The molecule has 0 spiro atoms. The third-order valence-electron chi connectivity index (χ3n) is 4.51. The highest BCUT2D eigenvalue weighted by atomic mass is 32.2. The van der Waals surface area contributed by atoms with Crippen LogP contribution in [0, 0.1) is 0 Å². The molecular formula is C22H27N5O2S. The molecule has 1 aromatic carbocycles. The largest absolute Gasteiger partial charge is 0.383 e. The third-order valence-corrected chi connectivity index (χ3v) is 5.44. The summed E-state index contributed by atoms with van der Waals surface area (Å²) in [7, 11) is 1.62. The molecule has 3 rings (SSSR count). The standard InChI is InChI=1S/C22H27N5O2S/c1-15(2)18-9-5-6-10-19(18)27-21(17-8-7-11-23-12-17)25-26-22(27)30-14-20(28)24-16(3)13-29-4/h5-12,15-16H,13-14H2,1-4H3,(H,24,28). The van der Waals surface area contributed by atoms with Crippen LogP contribution in [0.15, 0.2) is 53.9 Å². The summed E-state index contributed by atoms with van der Waals surface area (Å²) in [5.41, 5.74) is 3.06. The lowest BCUT2D eigenvalue weighted by Gasteiger charge is -2.17. The van der Waals surface area contributed by atoms with E-state index >= 15 is 0 Å². The van der Waals surface area contributed by atoms with Crippen LogP contribution in [0.5, 0.6) is 0 Å². The van der Waals surface area contributed by atoms with Crippen LogP contribution >= 0.6 is 11.8 Å². The fourth-order valence-corrected chi connectivity index (χ4v) is 3.94. The maximum absolute atomic E-state index is 12.3. The van der Waals surface area contributed by atoms with Crippen molar-refractivity contribution in [2.45, 2.75) is 37.9 Å². The van der Waals surface area contributed by atoms with E-state index < -0.39 is 0 Å². The predicted octanol–water partition coefficient (Wildman–Crippen LogP) is 3.70. The van der Waals surface area contributed by atoms with Gasteiger partial charge in [-0.25, -0.2) is 0 Å². The zero-order valence-electron chi connectivity index (χ0n) is 17.7. The Bertz CT molecular complexity index is 975. The maximum Gasteiger partial charge on any atom is 0.230 e. The maximum atomic E-state index is 12.3. The van der Waals surface area contributed by atoms with Gasteiger partial charge in [0, 0.05) is 31.1 Å². The number of aromatic nitrogens is 4. The van der Waals surface area contributed by atoms with E-state index in [1.54, 1.807) is 19.5 Å². The molecule has 8 heteroatoms. The Morgan fingerprint density at radius 2 is 1.97 bits per heavy atom. The van der Waals surface area contributed by atoms with Gasteiger partial charge in [-0.15, -0.1) is 10.2 Å². The van der Waals surface area contributed by atoms with Gasteiger partial charge in [-0.2, -0.15) is 0 Å². The van der Waals surface area contributed by atoms with Crippen LogP contribution < -0.4 is 5.32 Å². The first-order chi connectivity index (χ1) is 14.5. The van der Waals surface area contributed by atoms with Crippen LogP contribution in [-0.2, 0) is 9.53 Å². The topological polar surface area (TPSA) is 81.9 Å². The van der Waals surface area contributed by atoms with Gasteiger partial charge in [-0.05, 0) is 36.6 Å². The number of carbonyl (C=O) groups is 1. The molecule has 1 N–H and O–H groups in total. The van der Waals surface area contributed by atoms with Crippen molar-refractivity contribution < 1.29 is 9.53 Å². The highest BCUT2D eigenvalue weighted by Crippen LogP contribution is 2.31. The molecule has 0 aliphatic carbocycles. The summed E-state index contributed by atoms with van der Waals surface area (Å²) in [5, 5.41) is 12.4. The van der Waals surface area contributed by atoms with Gasteiger partial charge in [0.1, 0.15) is 0 Å². The van der Waals surface area contributed by atoms with E-state index in [1.807, 2.05) is 35.8 Å². The minimum Gasteiger partial charge on any atom is -0.383 e. The Morgan fingerprint density at radius 1 is 1.17 bits per heavy atom. The summed E-state index contributed by atoms with van der Waals surface area (Å²) in [6.45, 7) is 6.70. The number of thioether (sulfide) groups is 1. The molecule has 0 aliphatic heterocycles. The number of nitrogens with one attached hydrogen (secondary N) is 1. The highest BCUT2D eigenvalue weighted by molar-refractivity contribution is 7.99. The summed E-state index contributed by atoms with van der Waals surface area (Å²) < 4.78 is 7.09. The number of ether oxygens (including phenoxy) is 1. The van der Waals surface area contributed by atoms with Gasteiger partial charge in [-0.1, -0.05) is 43.8 Å². The van der Waals surface area contributed by atoms with Gasteiger partial charge in [0.25, 0.3) is 0 Å². The fraction of sp³-hybridized carbons (Fsp3) is 0.364. The number of carbonyl (C=O) groups excluding carboxylic acids is 1. The zero-order valence-corrected chi connectivity index (χ0v) is 18.5. The number of benzene rings is 1. The number of methoxy groups -OCH3 is 1. The Labute approximate surface area is 181 Å². The summed E-state index contributed by atoms with van der Waals surface area (Å²) in [6, 6.07) is 12.0. The molecule has 0 aliphatic rings. The molecule has 1 amide bonds. The molecule has 1 unspecified atom stereocenters. The molecule has 1 atom stereocenters. The van der Waals surface area contributed by atoms with Crippen molar-refractivity contribution in [1.29, 1.82) is 0 Å². The minimum atomic E-state index is -0.0702. The molecule has 0 fully saturated rings. The van der Waals surface area contributed by atoms with E-state index in [9.17, 15) is 4.79 Å². The number of nitrogens with zero attached hydrogens (tertiary/aromatic N) is 4. The predicted molar refractivity (Wildman–Crippen MR) is 119 cm³/mol. The lowest BCUT2D eigenvalue weighted by molar-refractivity contribution is -0.119. The van der Waals surface area contributed by atoms with Crippen molar-refractivity contribution in [3.05, 3.63) is 54.4 Å². The van der Waals surface area contributed by atoms with Gasteiger partial charge in [0.15, 0.2) is 11.0 Å². The van der Waals surface area contributed by atoms with Crippen LogP contribution in [0.3, 0.4) is 0 Å². The second-order valence-electron chi connectivity index (χ2n) is 7.31. The van der Waals surface area contributed by atoms with Crippen molar-refractivity contribution in [2.75, 3.05) is 19.5 Å². The smallest absolute Gasteiger partial charge is 0.230 e. The van der Waals surface area contributed by atoms with E-state index in [-0.39, 0.29) is 17.7 Å². The zero-order chi connectivity index (χ0) is 21.5. The van der Waals surface area contributed by atoms with Crippen LogP contribution in [-0.4, -0.2) is 51.2 Å². The van der Waals surface area contributed by atoms with Crippen molar-refractivity contribution in [3.63, 3.8) is 0 Å². The molecule has 0 radical (unpaired) electrons. The Morgan fingerprint density at radius 3 is 2.67 bits per heavy atom. The molecule has 2 aromatic heterocycles. The van der Waals surface area contributed by atoms with Crippen LogP contribution in [0.2, 0.25) is 0 Å². The summed E-state index contributed by atoms with van der Waals surface area (Å²) in [6.07, 6.45) is 3.50. The Balaban J connectivity index is 1.95. The highest BCUT2D eigenvalue weighted by Gasteiger charge is 2.20. The van der Waals surface area contributed by atoms with Crippen molar-refractivity contribution in [2.24, 2.45) is 0 Å². The molecule has 158 valence electrons. The summed E-state index contributed by atoms with van der Waals surface area (Å²) in [5.74, 6) is 1.19. The van der Waals surface area contributed by atoms with Crippen molar-refractivity contribution in [1.82, 2.24) is 25.1 Å². The molecular weight excluding hydrogens is 398 g/mol. The van der Waals surface area contributed by atoms with Crippen LogP contribution in [0.4, 0.5) is 0 Å². The second-order valence-corrected chi connectivity index (χ2v) is 8.25. The SMILES string of the molecule is COCC(C)NC(=O)CSc1nnc(-c2cccnc2)n1-c1ccccc1C(C)C. The van der Waals surface area contributed by atoms with Gasteiger partial charge >= 0.3 is 0 Å². The Kier molecular flexibility index (Phi) is 7.59. The first-order valence-electron chi connectivity index (χ1n) is 9.87. The summed E-state index contributed by atoms with van der Waals surface area (Å²) >= 11 is 1.36. The van der Waals surface area contributed by atoms with E-state index in [1.165, 1.54) is 17.3 Å². The van der Waals surface area contributed by atoms with E-state index in [0.29, 0.717) is 23.5 Å². The normalized spacial score (nSPS) is 12.2. The lowest BCUT2D eigenvalue weighted by Crippen LogP contribution is -2.36. The lowest BCUT2D eigenvalue weighted by atomic mass is 10.0. The number of hydrogen-bond acceptors (Lipinski definition) is 6. The molecule has 0 saturated carbocycles. The van der Waals surface area contributed by atoms with Crippen LogP contribution in [0.1, 0.15) is 32.3 Å². The molecule has 3 aromatic rings. The van der Waals surface area contributed by atoms with Gasteiger partial charge in [-0.3, -0.25) is 14.3 Å².